The monoisotopic (exact) mass is 420 g/mol. The van der Waals surface area contributed by atoms with Crippen LogP contribution >= 0.6 is 38.6 Å². The molecular formula is C14H17BrN2O2S3. The largest absolute Gasteiger partial charge is 0.298 e. The molecule has 0 unspecified atom stereocenters. The summed E-state index contributed by atoms with van der Waals surface area (Å²) >= 11 is 6.57. The van der Waals surface area contributed by atoms with Gasteiger partial charge < -0.3 is 0 Å². The Bertz CT molecular complexity index is 704. The summed E-state index contributed by atoms with van der Waals surface area (Å²) in [4.78, 5) is 3.71. The third-order valence-electron chi connectivity index (χ3n) is 3.73. The summed E-state index contributed by atoms with van der Waals surface area (Å²) < 4.78 is 28.9. The van der Waals surface area contributed by atoms with Gasteiger partial charge in [-0.05, 0) is 51.7 Å². The van der Waals surface area contributed by atoms with Crippen LogP contribution in [-0.4, -0.2) is 32.4 Å². The van der Waals surface area contributed by atoms with Gasteiger partial charge in [0.25, 0.3) is 0 Å². The van der Waals surface area contributed by atoms with Gasteiger partial charge in [-0.3, -0.25) is 4.90 Å². The lowest BCUT2D eigenvalue weighted by Crippen LogP contribution is -2.44. The molecule has 1 fully saturated rings. The Balaban J connectivity index is 1.53. The molecule has 0 amide bonds. The Labute approximate surface area is 147 Å². The zero-order chi connectivity index (χ0) is 15.6. The van der Waals surface area contributed by atoms with Gasteiger partial charge in [-0.1, -0.05) is 6.07 Å². The number of likely N-dealkylation sites (tertiary alicyclic amines) is 1. The van der Waals surface area contributed by atoms with Crippen molar-refractivity contribution in [3.8, 4) is 0 Å². The number of hydrogen-bond donors (Lipinski definition) is 1. The van der Waals surface area contributed by atoms with Crippen LogP contribution in [-0.2, 0) is 16.6 Å². The quantitative estimate of drug-likeness (QED) is 0.804. The number of nitrogens with one attached hydrogen (secondary N) is 1. The Morgan fingerprint density at radius 2 is 2.00 bits per heavy atom. The topological polar surface area (TPSA) is 49.4 Å². The van der Waals surface area contributed by atoms with Gasteiger partial charge >= 0.3 is 0 Å². The maximum Gasteiger partial charge on any atom is 0.250 e. The van der Waals surface area contributed by atoms with Crippen LogP contribution < -0.4 is 4.72 Å². The standard InChI is InChI=1S/C14H17BrN2O2S3/c15-12-5-9-20-13(12)10-17-6-3-11(4-7-17)16-22(18,19)14-2-1-8-21-14/h1-2,5,8-9,11,16H,3-4,6-7,10H2. The van der Waals surface area contributed by atoms with E-state index in [1.54, 1.807) is 28.8 Å². The number of thiophene rings is 2. The molecule has 2 aromatic rings. The van der Waals surface area contributed by atoms with Gasteiger partial charge in [-0.25, -0.2) is 13.1 Å². The van der Waals surface area contributed by atoms with Gasteiger partial charge in [-0.2, -0.15) is 0 Å². The molecule has 0 bridgehead atoms. The molecule has 3 rings (SSSR count). The number of hydrogen-bond acceptors (Lipinski definition) is 5. The molecule has 0 aromatic carbocycles. The maximum atomic E-state index is 12.2. The molecule has 2 aromatic heterocycles. The minimum atomic E-state index is -3.35. The van der Waals surface area contributed by atoms with E-state index in [0.29, 0.717) is 4.21 Å². The van der Waals surface area contributed by atoms with Gasteiger partial charge in [0.05, 0.1) is 0 Å². The van der Waals surface area contributed by atoms with Crippen LogP contribution in [0, 0.1) is 0 Å². The van der Waals surface area contributed by atoms with E-state index in [-0.39, 0.29) is 6.04 Å². The molecule has 120 valence electrons. The van der Waals surface area contributed by atoms with Crippen molar-refractivity contribution in [2.45, 2.75) is 29.6 Å². The molecule has 4 nitrogen and oxygen atoms in total. The zero-order valence-corrected chi connectivity index (χ0v) is 15.9. The first-order chi connectivity index (χ1) is 10.5. The Kier molecular flexibility index (Phi) is 5.36. The molecule has 3 heterocycles. The highest BCUT2D eigenvalue weighted by Crippen LogP contribution is 2.26. The number of sulfonamides is 1. The second kappa shape index (κ2) is 7.11. The average Bonchev–Trinajstić information content (AvgIpc) is 3.14. The number of halogens is 1. The summed E-state index contributed by atoms with van der Waals surface area (Å²) in [6.45, 7) is 2.77. The molecule has 0 saturated carbocycles. The van der Waals surface area contributed by atoms with Crippen LogP contribution in [0.15, 0.2) is 37.6 Å². The van der Waals surface area contributed by atoms with Gasteiger partial charge in [0.15, 0.2) is 0 Å². The molecule has 1 aliphatic rings. The van der Waals surface area contributed by atoms with Crippen LogP contribution in [0.5, 0.6) is 0 Å². The fraction of sp³-hybridized carbons (Fsp3) is 0.429. The van der Waals surface area contributed by atoms with Crippen LogP contribution in [0.2, 0.25) is 0 Å². The second-order valence-corrected chi connectivity index (χ2v) is 10.0. The van der Waals surface area contributed by atoms with E-state index >= 15 is 0 Å². The van der Waals surface area contributed by atoms with Crippen molar-refractivity contribution in [2.75, 3.05) is 13.1 Å². The zero-order valence-electron chi connectivity index (χ0n) is 11.9. The normalized spacial score (nSPS) is 17.9. The van der Waals surface area contributed by atoms with Gasteiger partial charge in [0.1, 0.15) is 4.21 Å². The molecular weight excluding hydrogens is 404 g/mol. The molecule has 0 atom stereocenters. The third kappa shape index (κ3) is 3.98. The van der Waals surface area contributed by atoms with Crippen molar-refractivity contribution >= 4 is 48.6 Å². The van der Waals surface area contributed by atoms with Gasteiger partial charge in [0, 0.05) is 35.0 Å². The van der Waals surface area contributed by atoms with Crippen LogP contribution in [0.3, 0.4) is 0 Å². The highest BCUT2D eigenvalue weighted by molar-refractivity contribution is 9.10. The smallest absolute Gasteiger partial charge is 0.250 e. The molecule has 1 saturated heterocycles. The van der Waals surface area contributed by atoms with E-state index in [0.717, 1.165) is 36.9 Å². The van der Waals surface area contributed by atoms with E-state index in [2.05, 4.69) is 37.0 Å². The summed E-state index contributed by atoms with van der Waals surface area (Å²) in [6, 6.07) is 5.52. The Morgan fingerprint density at radius 1 is 1.23 bits per heavy atom. The lowest BCUT2D eigenvalue weighted by Gasteiger charge is -2.31. The van der Waals surface area contributed by atoms with Crippen molar-refractivity contribution in [1.82, 2.24) is 9.62 Å². The number of rotatable bonds is 5. The maximum absolute atomic E-state index is 12.2. The molecule has 1 N–H and O–H groups in total. The Hall–Kier alpha value is -0.250. The second-order valence-electron chi connectivity index (χ2n) is 5.30. The third-order valence-corrected chi connectivity index (χ3v) is 8.56. The highest BCUT2D eigenvalue weighted by Gasteiger charge is 2.25. The lowest BCUT2D eigenvalue weighted by molar-refractivity contribution is 0.201. The fourth-order valence-electron chi connectivity index (χ4n) is 2.54. The molecule has 0 aliphatic carbocycles. The number of piperidine rings is 1. The van der Waals surface area contributed by atoms with E-state index in [9.17, 15) is 8.42 Å². The molecule has 8 heteroatoms. The van der Waals surface area contributed by atoms with Crippen molar-refractivity contribution in [2.24, 2.45) is 0 Å². The minimum Gasteiger partial charge on any atom is -0.298 e. The summed E-state index contributed by atoms with van der Waals surface area (Å²) in [5, 5.41) is 3.87. The van der Waals surface area contributed by atoms with Gasteiger partial charge in [-0.15, -0.1) is 22.7 Å². The van der Waals surface area contributed by atoms with E-state index in [1.165, 1.54) is 16.2 Å². The minimum absolute atomic E-state index is 0.0372. The van der Waals surface area contributed by atoms with Crippen molar-refractivity contribution in [3.63, 3.8) is 0 Å². The highest BCUT2D eigenvalue weighted by atomic mass is 79.9. The van der Waals surface area contributed by atoms with Crippen LogP contribution in [0.25, 0.3) is 0 Å². The van der Waals surface area contributed by atoms with E-state index in [1.807, 2.05) is 0 Å². The first-order valence-corrected chi connectivity index (χ1v) is 11.1. The fourth-order valence-corrected chi connectivity index (χ4v) is 6.38. The lowest BCUT2D eigenvalue weighted by atomic mass is 10.1. The van der Waals surface area contributed by atoms with Crippen molar-refractivity contribution < 1.29 is 8.42 Å². The molecule has 0 radical (unpaired) electrons. The first-order valence-electron chi connectivity index (χ1n) is 7.04. The van der Waals surface area contributed by atoms with Crippen LogP contribution in [0.4, 0.5) is 0 Å². The van der Waals surface area contributed by atoms with E-state index < -0.39 is 10.0 Å². The number of nitrogens with zero attached hydrogens (tertiary/aromatic N) is 1. The van der Waals surface area contributed by atoms with Crippen molar-refractivity contribution in [1.29, 1.82) is 0 Å². The van der Waals surface area contributed by atoms with Gasteiger partial charge in [0.2, 0.25) is 10.0 Å². The predicted octanol–water partition coefficient (Wildman–Crippen LogP) is 3.52. The van der Waals surface area contributed by atoms with E-state index in [4.69, 9.17) is 0 Å². The van der Waals surface area contributed by atoms with Crippen molar-refractivity contribution in [3.05, 3.63) is 38.3 Å². The molecule has 1 aliphatic heterocycles. The van der Waals surface area contributed by atoms with Crippen LogP contribution in [0.1, 0.15) is 17.7 Å². The Morgan fingerprint density at radius 3 is 2.59 bits per heavy atom. The summed E-state index contributed by atoms with van der Waals surface area (Å²) in [7, 11) is -3.35. The molecule has 0 spiro atoms. The summed E-state index contributed by atoms with van der Waals surface area (Å²) in [6.07, 6.45) is 1.71. The summed E-state index contributed by atoms with van der Waals surface area (Å²) in [5.74, 6) is 0. The molecule has 22 heavy (non-hydrogen) atoms. The predicted molar refractivity (Wildman–Crippen MR) is 95.0 cm³/mol. The first kappa shape index (κ1) is 16.6. The summed E-state index contributed by atoms with van der Waals surface area (Å²) in [5.41, 5.74) is 0. The average molecular weight is 421 g/mol. The SMILES string of the molecule is O=S(=O)(NC1CCN(Cc2sccc2Br)CC1)c1cccs1.